The molecule has 0 radical (unpaired) electrons. The Morgan fingerprint density at radius 3 is 2.04 bits per heavy atom. The van der Waals surface area contributed by atoms with E-state index < -0.39 is 0 Å². The molecule has 1 aromatic carbocycles. The minimum absolute atomic E-state index is 0.156. The van der Waals surface area contributed by atoms with Crippen molar-refractivity contribution in [1.82, 2.24) is 9.97 Å². The molecule has 0 aliphatic rings. The van der Waals surface area contributed by atoms with Crippen molar-refractivity contribution in [3.05, 3.63) is 77.6 Å². The molecule has 0 saturated carbocycles. The predicted octanol–water partition coefficient (Wildman–Crippen LogP) is 0.799. The van der Waals surface area contributed by atoms with Crippen LogP contribution in [0.5, 0.6) is 11.5 Å². The first kappa shape index (κ1) is 16.8. The Hall–Kier alpha value is -3.06. The smallest absolute Gasteiger partial charge is 0.272 e. The lowest BCUT2D eigenvalue weighted by Gasteiger charge is -2.05. The van der Waals surface area contributed by atoms with Gasteiger partial charge in [0.25, 0.3) is 11.1 Å². The second kappa shape index (κ2) is 7.23. The van der Waals surface area contributed by atoms with Crippen LogP contribution in [0.25, 0.3) is 12.2 Å². The summed E-state index contributed by atoms with van der Waals surface area (Å²) < 4.78 is 10.4. The van der Waals surface area contributed by atoms with Crippen LogP contribution < -0.4 is 31.3 Å². The van der Waals surface area contributed by atoms with Gasteiger partial charge in [-0.1, -0.05) is 6.07 Å². The van der Waals surface area contributed by atoms with E-state index in [2.05, 4.69) is 9.97 Å². The SMILES string of the molecule is COc1cc(/C=c2\[nH]c(=O)/c(=C/c3cccs3)[nH]c2=O)cc(OC)c1. The van der Waals surface area contributed by atoms with E-state index in [1.807, 2.05) is 17.5 Å². The van der Waals surface area contributed by atoms with Crippen LogP contribution in [-0.4, -0.2) is 24.2 Å². The Bertz CT molecular complexity index is 1090. The average molecular weight is 356 g/mol. The molecule has 0 fully saturated rings. The van der Waals surface area contributed by atoms with Gasteiger partial charge in [0.2, 0.25) is 0 Å². The Labute approximate surface area is 146 Å². The zero-order valence-electron chi connectivity index (χ0n) is 13.7. The van der Waals surface area contributed by atoms with Crippen LogP contribution in [0.1, 0.15) is 10.4 Å². The standard InChI is InChI=1S/C18H16N2O4S/c1-23-12-6-11(7-13(9-12)24-2)8-15-17(21)20-16(18(22)19-15)10-14-4-3-5-25-14/h3-10H,1-2H3,(H,19,22)(H,20,21)/b15-8-,16-10-. The van der Waals surface area contributed by atoms with E-state index in [9.17, 15) is 9.59 Å². The largest absolute Gasteiger partial charge is 0.497 e. The van der Waals surface area contributed by atoms with Gasteiger partial charge in [0.15, 0.2) is 0 Å². The number of rotatable bonds is 4. The number of hydrogen-bond donors (Lipinski definition) is 2. The third-order valence-electron chi connectivity index (χ3n) is 3.50. The van der Waals surface area contributed by atoms with Crippen LogP contribution in [0, 0.1) is 0 Å². The van der Waals surface area contributed by atoms with Gasteiger partial charge in [0, 0.05) is 10.9 Å². The van der Waals surface area contributed by atoms with E-state index in [1.165, 1.54) is 11.3 Å². The van der Waals surface area contributed by atoms with Crippen molar-refractivity contribution in [1.29, 1.82) is 0 Å². The molecule has 0 amide bonds. The van der Waals surface area contributed by atoms with Crippen LogP contribution in [-0.2, 0) is 0 Å². The number of thiophene rings is 1. The summed E-state index contributed by atoms with van der Waals surface area (Å²) in [5.74, 6) is 1.18. The molecular weight excluding hydrogens is 340 g/mol. The molecule has 2 heterocycles. The van der Waals surface area contributed by atoms with E-state index in [-0.39, 0.29) is 21.8 Å². The number of benzene rings is 1. The highest BCUT2D eigenvalue weighted by Crippen LogP contribution is 2.22. The molecule has 7 heteroatoms. The van der Waals surface area contributed by atoms with Gasteiger partial charge in [-0.25, -0.2) is 0 Å². The quantitative estimate of drug-likeness (QED) is 0.724. The third-order valence-corrected chi connectivity index (χ3v) is 4.32. The first-order valence-electron chi connectivity index (χ1n) is 7.41. The highest BCUT2D eigenvalue weighted by molar-refractivity contribution is 7.10. The summed E-state index contributed by atoms with van der Waals surface area (Å²) in [5.41, 5.74) is -0.0781. The van der Waals surface area contributed by atoms with Crippen molar-refractivity contribution in [3.63, 3.8) is 0 Å². The maximum atomic E-state index is 12.3. The Morgan fingerprint density at radius 2 is 1.52 bits per heavy atom. The molecule has 6 nitrogen and oxygen atoms in total. The van der Waals surface area contributed by atoms with Crippen molar-refractivity contribution in [2.45, 2.75) is 0 Å². The lowest BCUT2D eigenvalue weighted by atomic mass is 10.2. The van der Waals surface area contributed by atoms with Gasteiger partial charge in [-0.2, -0.15) is 0 Å². The summed E-state index contributed by atoms with van der Waals surface area (Å²) in [6.45, 7) is 0. The van der Waals surface area contributed by atoms with Crippen molar-refractivity contribution in [3.8, 4) is 11.5 Å². The molecule has 0 unspecified atom stereocenters. The lowest BCUT2D eigenvalue weighted by Crippen LogP contribution is -2.46. The summed E-state index contributed by atoms with van der Waals surface area (Å²) in [6, 6.07) is 8.95. The molecule has 0 atom stereocenters. The van der Waals surface area contributed by atoms with Gasteiger partial charge in [0.1, 0.15) is 22.2 Å². The molecule has 0 bridgehead atoms. The van der Waals surface area contributed by atoms with Crippen LogP contribution in [0.4, 0.5) is 0 Å². The molecule has 2 N–H and O–H groups in total. The lowest BCUT2D eigenvalue weighted by molar-refractivity contribution is 0.394. The van der Waals surface area contributed by atoms with E-state index in [1.54, 1.807) is 44.6 Å². The summed E-state index contributed by atoms with van der Waals surface area (Å²) in [7, 11) is 3.09. The number of aromatic nitrogens is 2. The van der Waals surface area contributed by atoms with Crippen LogP contribution in [0.2, 0.25) is 0 Å². The molecule has 3 aromatic rings. The van der Waals surface area contributed by atoms with Crippen molar-refractivity contribution in [2.75, 3.05) is 14.2 Å². The fraction of sp³-hybridized carbons (Fsp3) is 0.111. The van der Waals surface area contributed by atoms with Crippen LogP contribution in [0.3, 0.4) is 0 Å². The van der Waals surface area contributed by atoms with Crippen molar-refractivity contribution < 1.29 is 9.47 Å². The number of methoxy groups -OCH3 is 2. The molecular formula is C18H16N2O4S. The first-order valence-corrected chi connectivity index (χ1v) is 8.29. The Balaban J connectivity index is 2.13. The fourth-order valence-corrected chi connectivity index (χ4v) is 2.95. The molecule has 0 saturated heterocycles. The number of H-pyrrole nitrogens is 2. The van der Waals surface area contributed by atoms with Gasteiger partial charge >= 0.3 is 0 Å². The normalized spacial score (nSPS) is 12.4. The first-order chi connectivity index (χ1) is 12.1. The van der Waals surface area contributed by atoms with Gasteiger partial charge in [-0.05, 0) is 41.3 Å². The highest BCUT2D eigenvalue weighted by Gasteiger charge is 2.02. The summed E-state index contributed by atoms with van der Waals surface area (Å²) in [6.07, 6.45) is 3.21. The molecule has 128 valence electrons. The van der Waals surface area contributed by atoms with E-state index in [4.69, 9.17) is 9.47 Å². The van der Waals surface area contributed by atoms with E-state index in [0.29, 0.717) is 17.1 Å². The Morgan fingerprint density at radius 1 is 0.920 bits per heavy atom. The number of hydrogen-bond acceptors (Lipinski definition) is 5. The van der Waals surface area contributed by atoms with Crippen LogP contribution in [0.15, 0.2) is 45.3 Å². The zero-order chi connectivity index (χ0) is 17.8. The number of aromatic amines is 2. The monoisotopic (exact) mass is 356 g/mol. The zero-order valence-corrected chi connectivity index (χ0v) is 14.5. The van der Waals surface area contributed by atoms with Gasteiger partial charge in [-0.3, -0.25) is 9.59 Å². The molecule has 0 aliphatic carbocycles. The minimum atomic E-state index is -0.385. The molecule has 2 aromatic heterocycles. The van der Waals surface area contributed by atoms with E-state index in [0.717, 1.165) is 4.88 Å². The molecule has 25 heavy (non-hydrogen) atoms. The third kappa shape index (κ3) is 3.89. The second-order valence-electron chi connectivity index (χ2n) is 5.19. The molecule has 0 spiro atoms. The summed E-state index contributed by atoms with van der Waals surface area (Å²) in [5, 5.41) is 2.27. The minimum Gasteiger partial charge on any atom is -0.497 e. The van der Waals surface area contributed by atoms with Crippen LogP contribution >= 0.6 is 11.3 Å². The summed E-state index contributed by atoms with van der Waals surface area (Å²) in [4.78, 5) is 30.7. The van der Waals surface area contributed by atoms with Crippen molar-refractivity contribution >= 4 is 23.5 Å². The Kier molecular flexibility index (Phi) is 4.85. The highest BCUT2D eigenvalue weighted by atomic mass is 32.1. The van der Waals surface area contributed by atoms with Gasteiger partial charge in [-0.15, -0.1) is 11.3 Å². The number of ether oxygens (including phenoxy) is 2. The van der Waals surface area contributed by atoms with E-state index >= 15 is 0 Å². The maximum Gasteiger partial charge on any atom is 0.272 e. The average Bonchev–Trinajstić information content (AvgIpc) is 3.12. The molecule has 0 aliphatic heterocycles. The predicted molar refractivity (Wildman–Crippen MR) is 97.9 cm³/mol. The maximum absolute atomic E-state index is 12.3. The van der Waals surface area contributed by atoms with Crippen molar-refractivity contribution in [2.24, 2.45) is 0 Å². The molecule has 3 rings (SSSR count). The fourth-order valence-electron chi connectivity index (χ4n) is 2.29. The number of nitrogens with one attached hydrogen (secondary N) is 2. The summed E-state index contributed by atoms with van der Waals surface area (Å²) >= 11 is 1.48. The van der Waals surface area contributed by atoms with Gasteiger partial charge < -0.3 is 19.4 Å². The van der Waals surface area contributed by atoms with Gasteiger partial charge in [0.05, 0.1) is 14.2 Å². The second-order valence-corrected chi connectivity index (χ2v) is 6.16. The topological polar surface area (TPSA) is 84.2 Å².